The van der Waals surface area contributed by atoms with Gasteiger partial charge in [0.25, 0.3) is 0 Å². The highest BCUT2D eigenvalue weighted by Crippen LogP contribution is 2.25. The first-order valence-electron chi connectivity index (χ1n) is 9.04. The Bertz CT molecular complexity index is 667. The zero-order valence-corrected chi connectivity index (χ0v) is 16.0. The summed E-state index contributed by atoms with van der Waals surface area (Å²) in [4.78, 5) is 15.9. The molecule has 2 aromatic rings. The van der Waals surface area contributed by atoms with E-state index in [1.807, 2.05) is 31.2 Å². The van der Waals surface area contributed by atoms with Gasteiger partial charge in [0, 0.05) is 24.5 Å². The minimum atomic E-state index is 0.0203. The number of nitrogens with one attached hydrogen (secondary N) is 1. The summed E-state index contributed by atoms with van der Waals surface area (Å²) in [5.41, 5.74) is 1.19. The van der Waals surface area contributed by atoms with Crippen LogP contribution in [0.5, 0.6) is 5.75 Å². The fourth-order valence-electron chi connectivity index (χ4n) is 2.97. The smallest absolute Gasteiger partial charge is 0.223 e. The molecule has 0 unspecified atom stereocenters. The van der Waals surface area contributed by atoms with Crippen molar-refractivity contribution in [3.05, 3.63) is 52.2 Å². The molecule has 26 heavy (non-hydrogen) atoms. The van der Waals surface area contributed by atoms with Crippen molar-refractivity contribution in [1.82, 2.24) is 10.2 Å². The number of morpholine rings is 1. The Balaban J connectivity index is 1.45. The van der Waals surface area contributed by atoms with E-state index in [9.17, 15) is 4.79 Å². The molecule has 0 spiro atoms. The van der Waals surface area contributed by atoms with Crippen molar-refractivity contribution in [2.45, 2.75) is 19.4 Å². The van der Waals surface area contributed by atoms with Gasteiger partial charge in [-0.05, 0) is 30.5 Å². The molecule has 1 atom stereocenters. The lowest BCUT2D eigenvalue weighted by Crippen LogP contribution is -2.43. The van der Waals surface area contributed by atoms with Crippen LogP contribution in [0.15, 0.2) is 41.8 Å². The van der Waals surface area contributed by atoms with E-state index in [4.69, 9.17) is 9.47 Å². The number of nitrogens with zero attached hydrogens (tertiary/aromatic N) is 1. The number of hydrogen-bond donors (Lipinski definition) is 1. The van der Waals surface area contributed by atoms with E-state index in [1.54, 1.807) is 11.3 Å². The third-order valence-corrected chi connectivity index (χ3v) is 5.44. The van der Waals surface area contributed by atoms with Gasteiger partial charge in [-0.1, -0.05) is 23.8 Å². The topological polar surface area (TPSA) is 50.8 Å². The number of amides is 1. The van der Waals surface area contributed by atoms with Gasteiger partial charge in [-0.3, -0.25) is 9.69 Å². The fraction of sp³-hybridized carbons (Fsp3) is 0.450. The highest BCUT2D eigenvalue weighted by molar-refractivity contribution is 7.10. The van der Waals surface area contributed by atoms with E-state index in [1.165, 1.54) is 10.4 Å². The number of ether oxygens (including phenoxy) is 2. The molecular weight excluding hydrogens is 348 g/mol. The summed E-state index contributed by atoms with van der Waals surface area (Å²) in [6.07, 6.45) is 0.355. The maximum atomic E-state index is 12.2. The molecular formula is C20H26N2O3S. The largest absolute Gasteiger partial charge is 0.493 e. The van der Waals surface area contributed by atoms with Gasteiger partial charge in [-0.15, -0.1) is 11.3 Å². The number of carbonyl (C=O) groups excluding carboxylic acids is 1. The van der Waals surface area contributed by atoms with E-state index >= 15 is 0 Å². The predicted molar refractivity (Wildman–Crippen MR) is 104 cm³/mol. The van der Waals surface area contributed by atoms with E-state index in [-0.39, 0.29) is 11.9 Å². The minimum Gasteiger partial charge on any atom is -0.493 e. The van der Waals surface area contributed by atoms with Gasteiger partial charge in [0.05, 0.1) is 32.3 Å². The number of thiophene rings is 1. The molecule has 1 fully saturated rings. The van der Waals surface area contributed by atoms with Crippen LogP contribution < -0.4 is 10.1 Å². The molecule has 1 aromatic heterocycles. The monoisotopic (exact) mass is 374 g/mol. The van der Waals surface area contributed by atoms with Crippen molar-refractivity contribution >= 4 is 17.2 Å². The molecule has 140 valence electrons. The van der Waals surface area contributed by atoms with Crippen LogP contribution in [-0.4, -0.2) is 50.3 Å². The summed E-state index contributed by atoms with van der Waals surface area (Å²) in [5, 5.41) is 5.15. The van der Waals surface area contributed by atoms with Crippen LogP contribution in [-0.2, 0) is 9.53 Å². The summed E-state index contributed by atoms with van der Waals surface area (Å²) in [7, 11) is 0. The van der Waals surface area contributed by atoms with E-state index in [2.05, 4.69) is 27.7 Å². The Morgan fingerprint density at radius 3 is 2.73 bits per heavy atom. The second kappa shape index (κ2) is 9.71. The zero-order valence-electron chi connectivity index (χ0n) is 15.1. The standard InChI is InChI=1S/C20H26N2O3S/c1-16-4-6-17(7-5-16)25-11-8-20(23)21-15-18(19-3-2-14-26-19)22-9-12-24-13-10-22/h2-7,14,18H,8-13,15H2,1H3,(H,21,23)/t18-/m0/s1. The molecule has 5 nitrogen and oxygen atoms in total. The molecule has 0 bridgehead atoms. The molecule has 1 N–H and O–H groups in total. The van der Waals surface area contributed by atoms with E-state index in [0.717, 1.165) is 32.1 Å². The Kier molecular flexibility index (Phi) is 7.05. The Morgan fingerprint density at radius 1 is 1.27 bits per heavy atom. The van der Waals surface area contributed by atoms with Crippen molar-refractivity contribution in [1.29, 1.82) is 0 Å². The Labute approximate surface area is 158 Å². The van der Waals surface area contributed by atoms with Gasteiger partial charge < -0.3 is 14.8 Å². The predicted octanol–water partition coefficient (Wildman–Crippen LogP) is 3.02. The third kappa shape index (κ3) is 5.56. The minimum absolute atomic E-state index is 0.0203. The maximum Gasteiger partial charge on any atom is 0.223 e. The third-order valence-electron chi connectivity index (χ3n) is 4.47. The Morgan fingerprint density at radius 2 is 2.04 bits per heavy atom. The van der Waals surface area contributed by atoms with Crippen LogP contribution in [0.4, 0.5) is 0 Å². The summed E-state index contributed by atoms with van der Waals surface area (Å²) in [6.45, 7) is 6.33. The number of hydrogen-bond acceptors (Lipinski definition) is 5. The molecule has 1 aromatic carbocycles. The molecule has 0 saturated carbocycles. The van der Waals surface area contributed by atoms with Gasteiger partial charge in [-0.25, -0.2) is 0 Å². The SMILES string of the molecule is Cc1ccc(OCCC(=O)NC[C@@H](c2cccs2)N2CCOCC2)cc1. The highest BCUT2D eigenvalue weighted by Gasteiger charge is 2.23. The molecule has 1 aliphatic rings. The van der Waals surface area contributed by atoms with Crippen LogP contribution in [0.25, 0.3) is 0 Å². The van der Waals surface area contributed by atoms with Crippen molar-refractivity contribution in [3.63, 3.8) is 0 Å². The van der Waals surface area contributed by atoms with Gasteiger partial charge in [0.15, 0.2) is 0 Å². The average Bonchev–Trinajstić information content (AvgIpc) is 3.19. The second-order valence-corrected chi connectivity index (χ2v) is 7.37. The molecule has 1 saturated heterocycles. The lowest BCUT2D eigenvalue weighted by Gasteiger charge is -2.34. The van der Waals surface area contributed by atoms with Crippen molar-refractivity contribution in [2.24, 2.45) is 0 Å². The molecule has 6 heteroatoms. The lowest BCUT2D eigenvalue weighted by atomic mass is 10.2. The quantitative estimate of drug-likeness (QED) is 0.772. The van der Waals surface area contributed by atoms with E-state index in [0.29, 0.717) is 19.6 Å². The van der Waals surface area contributed by atoms with Crippen molar-refractivity contribution in [2.75, 3.05) is 39.5 Å². The number of rotatable bonds is 8. The summed E-state index contributed by atoms with van der Waals surface area (Å²) < 4.78 is 11.1. The first-order chi connectivity index (χ1) is 12.7. The fourth-order valence-corrected chi connectivity index (χ4v) is 3.84. The molecule has 0 aliphatic carbocycles. The van der Waals surface area contributed by atoms with Crippen LogP contribution in [0.1, 0.15) is 22.9 Å². The molecule has 0 radical (unpaired) electrons. The average molecular weight is 375 g/mol. The second-order valence-electron chi connectivity index (χ2n) is 6.40. The Hall–Kier alpha value is -1.89. The molecule has 3 rings (SSSR count). The van der Waals surface area contributed by atoms with Crippen LogP contribution in [0.2, 0.25) is 0 Å². The maximum absolute atomic E-state index is 12.2. The number of benzene rings is 1. The van der Waals surface area contributed by atoms with Gasteiger partial charge >= 0.3 is 0 Å². The van der Waals surface area contributed by atoms with Crippen LogP contribution in [0, 0.1) is 6.92 Å². The first-order valence-corrected chi connectivity index (χ1v) is 9.92. The summed E-state index contributed by atoms with van der Waals surface area (Å²) in [5.74, 6) is 0.820. The van der Waals surface area contributed by atoms with E-state index < -0.39 is 0 Å². The number of aryl methyl sites for hydroxylation is 1. The first kappa shape index (κ1) is 18.9. The molecule has 1 amide bonds. The zero-order chi connectivity index (χ0) is 18.2. The molecule has 2 heterocycles. The molecule has 1 aliphatic heterocycles. The lowest BCUT2D eigenvalue weighted by molar-refractivity contribution is -0.121. The van der Waals surface area contributed by atoms with Gasteiger partial charge in [-0.2, -0.15) is 0 Å². The normalized spacial score (nSPS) is 16.2. The number of carbonyl (C=O) groups is 1. The van der Waals surface area contributed by atoms with Crippen LogP contribution >= 0.6 is 11.3 Å². The van der Waals surface area contributed by atoms with Crippen molar-refractivity contribution < 1.29 is 14.3 Å². The van der Waals surface area contributed by atoms with Crippen LogP contribution in [0.3, 0.4) is 0 Å². The summed E-state index contributed by atoms with van der Waals surface area (Å²) >= 11 is 1.73. The van der Waals surface area contributed by atoms with Gasteiger partial charge in [0.1, 0.15) is 5.75 Å². The highest BCUT2D eigenvalue weighted by atomic mass is 32.1. The van der Waals surface area contributed by atoms with Crippen molar-refractivity contribution in [3.8, 4) is 5.75 Å². The summed E-state index contributed by atoms with van der Waals surface area (Å²) in [6, 6.07) is 12.3. The van der Waals surface area contributed by atoms with Gasteiger partial charge in [0.2, 0.25) is 5.91 Å².